The Labute approximate surface area is 162 Å². The van der Waals surface area contributed by atoms with Crippen LogP contribution in [0.5, 0.6) is 11.5 Å². The van der Waals surface area contributed by atoms with E-state index in [1.54, 1.807) is 25.3 Å². The number of amides is 1. The summed E-state index contributed by atoms with van der Waals surface area (Å²) in [6.45, 7) is 10.2. The van der Waals surface area contributed by atoms with Crippen LogP contribution in [-0.4, -0.2) is 75.7 Å². The Morgan fingerprint density at radius 2 is 2.04 bits per heavy atom. The summed E-state index contributed by atoms with van der Waals surface area (Å²) in [5.41, 5.74) is 0.880. The molecule has 0 atom stereocenters. The zero-order valence-corrected chi connectivity index (χ0v) is 16.4. The van der Waals surface area contributed by atoms with Crippen LogP contribution in [0.25, 0.3) is 6.08 Å². The van der Waals surface area contributed by atoms with Crippen LogP contribution in [0.2, 0.25) is 0 Å². The number of carbonyl (C=O) groups is 1. The maximum atomic E-state index is 12.0. The van der Waals surface area contributed by atoms with Gasteiger partial charge in [-0.2, -0.15) is 0 Å². The van der Waals surface area contributed by atoms with Crippen LogP contribution in [0.3, 0.4) is 0 Å². The number of methoxy groups -OCH3 is 1. The maximum Gasteiger partial charge on any atom is 0.243 e. The van der Waals surface area contributed by atoms with E-state index in [-0.39, 0.29) is 5.91 Å². The van der Waals surface area contributed by atoms with Crippen molar-refractivity contribution in [1.29, 1.82) is 0 Å². The molecular formula is C21H31N3O3. The van der Waals surface area contributed by atoms with Crippen LogP contribution in [0, 0.1) is 0 Å². The molecule has 6 nitrogen and oxygen atoms in total. The smallest absolute Gasteiger partial charge is 0.243 e. The third-order valence-corrected chi connectivity index (χ3v) is 4.52. The molecule has 27 heavy (non-hydrogen) atoms. The van der Waals surface area contributed by atoms with E-state index in [2.05, 4.69) is 28.7 Å². The molecule has 1 aromatic carbocycles. The summed E-state index contributed by atoms with van der Waals surface area (Å²) >= 11 is 0. The molecule has 1 aliphatic heterocycles. The summed E-state index contributed by atoms with van der Waals surface area (Å²) in [6.07, 6.45) is 5.97. The van der Waals surface area contributed by atoms with E-state index >= 15 is 0 Å². The van der Waals surface area contributed by atoms with E-state index in [0.29, 0.717) is 24.7 Å². The van der Waals surface area contributed by atoms with Gasteiger partial charge in [0, 0.05) is 38.8 Å². The van der Waals surface area contributed by atoms with Crippen molar-refractivity contribution in [3.05, 3.63) is 42.5 Å². The normalized spacial score (nSPS) is 15.6. The van der Waals surface area contributed by atoms with Gasteiger partial charge in [-0.1, -0.05) is 18.7 Å². The third kappa shape index (κ3) is 7.45. The van der Waals surface area contributed by atoms with Gasteiger partial charge in [-0.3, -0.25) is 4.79 Å². The summed E-state index contributed by atoms with van der Waals surface area (Å²) < 4.78 is 10.9. The van der Waals surface area contributed by atoms with Crippen molar-refractivity contribution in [1.82, 2.24) is 15.1 Å². The fourth-order valence-corrected chi connectivity index (χ4v) is 2.87. The van der Waals surface area contributed by atoms with Gasteiger partial charge >= 0.3 is 0 Å². The number of nitrogens with zero attached hydrogens (tertiary/aromatic N) is 2. The Morgan fingerprint density at radius 3 is 2.74 bits per heavy atom. The maximum absolute atomic E-state index is 12.0. The first-order valence-corrected chi connectivity index (χ1v) is 9.41. The molecule has 1 aromatic rings. The van der Waals surface area contributed by atoms with Crippen molar-refractivity contribution in [2.75, 3.05) is 60.0 Å². The molecule has 1 fully saturated rings. The Hall–Kier alpha value is -2.31. The van der Waals surface area contributed by atoms with Crippen LogP contribution in [0.15, 0.2) is 36.9 Å². The Balaban J connectivity index is 1.73. The van der Waals surface area contributed by atoms with Gasteiger partial charge in [0.1, 0.15) is 6.61 Å². The van der Waals surface area contributed by atoms with Gasteiger partial charge in [0.2, 0.25) is 5.91 Å². The first kappa shape index (κ1) is 21.0. The van der Waals surface area contributed by atoms with Crippen molar-refractivity contribution in [2.24, 2.45) is 0 Å². The second-order valence-electron chi connectivity index (χ2n) is 6.63. The summed E-state index contributed by atoms with van der Waals surface area (Å²) in [5.74, 6) is 1.20. The second kappa shape index (κ2) is 11.4. The van der Waals surface area contributed by atoms with Gasteiger partial charge in [0.15, 0.2) is 11.5 Å². The molecule has 1 saturated heterocycles. The molecule has 0 unspecified atom stereocenters. The molecule has 148 valence electrons. The summed E-state index contributed by atoms with van der Waals surface area (Å²) in [4.78, 5) is 16.8. The number of hydrogen-bond donors (Lipinski definition) is 1. The van der Waals surface area contributed by atoms with E-state index in [1.807, 2.05) is 18.2 Å². The van der Waals surface area contributed by atoms with Gasteiger partial charge in [0.05, 0.1) is 7.11 Å². The minimum atomic E-state index is -0.0840. The first-order chi connectivity index (χ1) is 13.1. The summed E-state index contributed by atoms with van der Waals surface area (Å²) in [5, 5.41) is 2.94. The Morgan fingerprint density at radius 1 is 1.26 bits per heavy atom. The zero-order valence-electron chi connectivity index (χ0n) is 16.4. The molecule has 1 heterocycles. The third-order valence-electron chi connectivity index (χ3n) is 4.52. The quantitative estimate of drug-likeness (QED) is 0.386. The average Bonchev–Trinajstić information content (AvgIpc) is 2.69. The molecule has 0 saturated carbocycles. The number of likely N-dealkylation sites (N-methyl/N-ethyl adjacent to an activating group) is 1. The van der Waals surface area contributed by atoms with Crippen LogP contribution in [0.4, 0.5) is 0 Å². The molecule has 0 radical (unpaired) electrons. The SMILES string of the molecule is C=CCOc1ccc(/C=C/C(=O)NCCCN2CCN(C)CC2)cc1OC. The van der Waals surface area contributed by atoms with Crippen LogP contribution < -0.4 is 14.8 Å². The predicted octanol–water partition coefficient (Wildman–Crippen LogP) is 2.03. The average molecular weight is 373 g/mol. The molecular weight excluding hydrogens is 342 g/mol. The van der Waals surface area contributed by atoms with Gasteiger partial charge in [0.25, 0.3) is 0 Å². The van der Waals surface area contributed by atoms with Crippen molar-refractivity contribution in [3.63, 3.8) is 0 Å². The largest absolute Gasteiger partial charge is 0.493 e. The van der Waals surface area contributed by atoms with E-state index < -0.39 is 0 Å². The topological polar surface area (TPSA) is 54.0 Å². The van der Waals surface area contributed by atoms with Crippen LogP contribution in [0.1, 0.15) is 12.0 Å². The highest BCUT2D eigenvalue weighted by Gasteiger charge is 2.12. The lowest BCUT2D eigenvalue weighted by Crippen LogP contribution is -2.45. The number of benzene rings is 1. The molecule has 1 aliphatic rings. The highest BCUT2D eigenvalue weighted by Crippen LogP contribution is 2.28. The second-order valence-corrected chi connectivity index (χ2v) is 6.63. The Kier molecular flexibility index (Phi) is 8.87. The molecule has 0 aromatic heterocycles. The highest BCUT2D eigenvalue weighted by molar-refractivity contribution is 5.91. The van der Waals surface area contributed by atoms with Crippen molar-refractivity contribution in [3.8, 4) is 11.5 Å². The molecule has 0 aliphatic carbocycles. The van der Waals surface area contributed by atoms with Crippen molar-refractivity contribution < 1.29 is 14.3 Å². The number of nitrogens with one attached hydrogen (secondary N) is 1. The lowest BCUT2D eigenvalue weighted by molar-refractivity contribution is -0.116. The predicted molar refractivity (Wildman–Crippen MR) is 109 cm³/mol. The number of piperazine rings is 1. The molecule has 0 spiro atoms. The fraction of sp³-hybridized carbons (Fsp3) is 0.476. The molecule has 2 rings (SSSR count). The molecule has 0 bridgehead atoms. The number of rotatable bonds is 10. The lowest BCUT2D eigenvalue weighted by atomic mass is 10.2. The molecule has 1 N–H and O–H groups in total. The molecule has 6 heteroatoms. The van der Waals surface area contributed by atoms with Gasteiger partial charge in [-0.15, -0.1) is 0 Å². The van der Waals surface area contributed by atoms with Crippen molar-refractivity contribution in [2.45, 2.75) is 6.42 Å². The number of carbonyl (C=O) groups excluding carboxylic acids is 1. The Bertz CT molecular complexity index is 638. The van der Waals surface area contributed by atoms with E-state index in [4.69, 9.17) is 9.47 Å². The number of hydrogen-bond acceptors (Lipinski definition) is 5. The zero-order chi connectivity index (χ0) is 19.5. The van der Waals surface area contributed by atoms with Gasteiger partial charge < -0.3 is 24.6 Å². The fourth-order valence-electron chi connectivity index (χ4n) is 2.87. The van der Waals surface area contributed by atoms with Crippen LogP contribution in [-0.2, 0) is 4.79 Å². The van der Waals surface area contributed by atoms with Gasteiger partial charge in [-0.05, 0) is 43.8 Å². The standard InChI is InChI=1S/C21H31N3O3/c1-4-16-27-19-8-6-18(17-20(19)26-3)7-9-21(25)22-10-5-11-24-14-12-23(2)13-15-24/h4,6-9,17H,1,5,10-16H2,2-3H3,(H,22,25)/b9-7+. The van der Waals surface area contributed by atoms with E-state index in [0.717, 1.165) is 44.7 Å². The lowest BCUT2D eigenvalue weighted by Gasteiger charge is -2.32. The van der Waals surface area contributed by atoms with Crippen LogP contribution >= 0.6 is 0 Å². The van der Waals surface area contributed by atoms with E-state index in [1.165, 1.54) is 0 Å². The monoisotopic (exact) mass is 373 g/mol. The van der Waals surface area contributed by atoms with Crippen molar-refractivity contribution >= 4 is 12.0 Å². The van der Waals surface area contributed by atoms with Gasteiger partial charge in [-0.25, -0.2) is 0 Å². The highest BCUT2D eigenvalue weighted by atomic mass is 16.5. The minimum absolute atomic E-state index is 0.0840. The summed E-state index contributed by atoms with van der Waals surface area (Å²) in [6, 6.07) is 5.56. The first-order valence-electron chi connectivity index (χ1n) is 9.41. The number of ether oxygens (including phenoxy) is 2. The van der Waals surface area contributed by atoms with E-state index in [9.17, 15) is 4.79 Å². The molecule has 1 amide bonds. The minimum Gasteiger partial charge on any atom is -0.493 e. The summed E-state index contributed by atoms with van der Waals surface area (Å²) in [7, 11) is 3.75.